The smallest absolute Gasteiger partial charge is 0.338 e. The van der Waals surface area contributed by atoms with Crippen LogP contribution in [0.15, 0.2) is 42.5 Å². The molecule has 0 aliphatic carbocycles. The van der Waals surface area contributed by atoms with Gasteiger partial charge in [-0.2, -0.15) is 5.26 Å². The molecule has 1 amide bonds. The molecule has 0 atom stereocenters. The Hall–Kier alpha value is -2.91. The topological polar surface area (TPSA) is 79.2 Å². The lowest BCUT2D eigenvalue weighted by atomic mass is 10.2. The zero-order chi connectivity index (χ0) is 16.8. The molecule has 23 heavy (non-hydrogen) atoms. The minimum atomic E-state index is -0.808. The normalized spacial score (nSPS) is 9.78. The Morgan fingerprint density at radius 1 is 1.26 bits per heavy atom. The first-order valence-electron chi connectivity index (χ1n) is 6.42. The number of benzene rings is 2. The van der Waals surface area contributed by atoms with Crippen LogP contribution in [-0.4, -0.2) is 18.5 Å². The van der Waals surface area contributed by atoms with Gasteiger partial charge in [0.1, 0.15) is 11.9 Å². The maximum absolute atomic E-state index is 13.0. The van der Waals surface area contributed by atoms with E-state index >= 15 is 0 Å². The summed E-state index contributed by atoms with van der Waals surface area (Å²) in [7, 11) is 0. The number of nitriles is 1. The molecule has 0 radical (unpaired) electrons. The third kappa shape index (κ3) is 4.53. The fraction of sp³-hybridized carbons (Fsp3) is 0.0625. The second-order valence-corrected chi connectivity index (χ2v) is 4.85. The monoisotopic (exact) mass is 332 g/mol. The molecule has 0 aliphatic rings. The standard InChI is InChI=1S/C16H10ClFN2O3/c17-14-7-13(5-4-11(14)8-19)20-15(21)9-23-16(22)10-2-1-3-12(18)6-10/h1-7H,9H2,(H,20,21). The predicted molar refractivity (Wildman–Crippen MR) is 81.5 cm³/mol. The lowest BCUT2D eigenvalue weighted by molar-refractivity contribution is -0.119. The molecule has 0 fully saturated rings. The van der Waals surface area contributed by atoms with Gasteiger partial charge in [-0.25, -0.2) is 9.18 Å². The van der Waals surface area contributed by atoms with E-state index in [1.807, 2.05) is 6.07 Å². The number of nitrogens with one attached hydrogen (secondary N) is 1. The van der Waals surface area contributed by atoms with E-state index in [1.165, 1.54) is 36.4 Å². The van der Waals surface area contributed by atoms with E-state index in [0.29, 0.717) is 5.69 Å². The van der Waals surface area contributed by atoms with Gasteiger partial charge in [-0.3, -0.25) is 4.79 Å². The predicted octanol–water partition coefficient (Wildman–Crippen LogP) is 3.15. The van der Waals surface area contributed by atoms with Crippen LogP contribution in [0.1, 0.15) is 15.9 Å². The molecule has 0 aromatic heterocycles. The molecular weight excluding hydrogens is 323 g/mol. The second-order valence-electron chi connectivity index (χ2n) is 4.44. The Bertz CT molecular complexity index is 802. The van der Waals surface area contributed by atoms with E-state index < -0.39 is 24.3 Å². The lowest BCUT2D eigenvalue weighted by Crippen LogP contribution is -2.21. The van der Waals surface area contributed by atoms with Gasteiger partial charge in [-0.1, -0.05) is 17.7 Å². The van der Waals surface area contributed by atoms with Gasteiger partial charge in [-0.05, 0) is 36.4 Å². The van der Waals surface area contributed by atoms with Gasteiger partial charge in [0, 0.05) is 5.69 Å². The van der Waals surface area contributed by atoms with Gasteiger partial charge in [0.25, 0.3) is 5.91 Å². The van der Waals surface area contributed by atoms with Crippen molar-refractivity contribution in [2.75, 3.05) is 11.9 Å². The first kappa shape index (κ1) is 16.5. The molecule has 1 N–H and O–H groups in total. The van der Waals surface area contributed by atoms with Crippen LogP contribution >= 0.6 is 11.6 Å². The number of anilines is 1. The average Bonchev–Trinajstić information content (AvgIpc) is 2.53. The fourth-order valence-electron chi connectivity index (χ4n) is 1.71. The van der Waals surface area contributed by atoms with Crippen molar-refractivity contribution in [1.29, 1.82) is 5.26 Å². The first-order chi connectivity index (χ1) is 11.0. The number of esters is 1. The van der Waals surface area contributed by atoms with Crippen molar-refractivity contribution in [3.8, 4) is 6.07 Å². The van der Waals surface area contributed by atoms with Crippen LogP contribution in [0.5, 0.6) is 0 Å². The Balaban J connectivity index is 1.91. The summed E-state index contributed by atoms with van der Waals surface area (Å²) >= 11 is 5.84. The molecule has 7 heteroatoms. The van der Waals surface area contributed by atoms with Crippen molar-refractivity contribution >= 4 is 29.2 Å². The highest BCUT2D eigenvalue weighted by atomic mass is 35.5. The molecular formula is C16H10ClFN2O3. The molecule has 0 heterocycles. The zero-order valence-electron chi connectivity index (χ0n) is 11.7. The number of amides is 1. The van der Waals surface area contributed by atoms with E-state index in [2.05, 4.69) is 5.32 Å². The number of nitrogens with zero attached hydrogens (tertiary/aromatic N) is 1. The van der Waals surface area contributed by atoms with Crippen molar-refractivity contribution in [2.45, 2.75) is 0 Å². The molecule has 0 unspecified atom stereocenters. The van der Waals surface area contributed by atoms with Gasteiger partial charge in [0.15, 0.2) is 6.61 Å². The average molecular weight is 333 g/mol. The summed E-state index contributed by atoms with van der Waals surface area (Å²) in [6, 6.07) is 11.2. The Labute approximate surface area is 136 Å². The fourth-order valence-corrected chi connectivity index (χ4v) is 1.93. The molecule has 2 aromatic rings. The summed E-state index contributed by atoms with van der Waals surface area (Å²) in [5, 5.41) is 11.4. The van der Waals surface area contributed by atoms with E-state index in [1.54, 1.807) is 0 Å². The minimum absolute atomic E-state index is 0.0132. The molecule has 5 nitrogen and oxygen atoms in total. The number of ether oxygens (including phenoxy) is 1. The van der Waals surface area contributed by atoms with Crippen molar-refractivity contribution in [1.82, 2.24) is 0 Å². The number of carbonyl (C=O) groups excluding carboxylic acids is 2. The molecule has 116 valence electrons. The van der Waals surface area contributed by atoms with Crippen LogP contribution in [0.25, 0.3) is 0 Å². The van der Waals surface area contributed by atoms with Gasteiger partial charge >= 0.3 is 5.97 Å². The summed E-state index contributed by atoms with van der Waals surface area (Å²) in [6.07, 6.45) is 0. The molecule has 2 rings (SSSR count). The van der Waals surface area contributed by atoms with Gasteiger partial charge in [0.05, 0.1) is 16.1 Å². The maximum atomic E-state index is 13.0. The summed E-state index contributed by atoms with van der Waals surface area (Å²) in [4.78, 5) is 23.4. The van der Waals surface area contributed by atoms with E-state index in [9.17, 15) is 14.0 Å². The van der Waals surface area contributed by atoms with E-state index in [4.69, 9.17) is 21.6 Å². The van der Waals surface area contributed by atoms with Gasteiger partial charge in [-0.15, -0.1) is 0 Å². The maximum Gasteiger partial charge on any atom is 0.338 e. The molecule has 0 aliphatic heterocycles. The van der Waals surface area contributed by atoms with Crippen LogP contribution in [0, 0.1) is 17.1 Å². The van der Waals surface area contributed by atoms with Crippen molar-refractivity contribution in [2.24, 2.45) is 0 Å². The highest BCUT2D eigenvalue weighted by Gasteiger charge is 2.11. The second kappa shape index (κ2) is 7.38. The minimum Gasteiger partial charge on any atom is -0.452 e. The van der Waals surface area contributed by atoms with Crippen LogP contribution in [0.4, 0.5) is 10.1 Å². The number of rotatable bonds is 4. The number of halogens is 2. The first-order valence-corrected chi connectivity index (χ1v) is 6.79. The quantitative estimate of drug-likeness (QED) is 0.872. The van der Waals surface area contributed by atoms with E-state index in [0.717, 1.165) is 6.07 Å². The van der Waals surface area contributed by atoms with Crippen molar-refractivity contribution < 1.29 is 18.7 Å². The number of hydrogen-bond donors (Lipinski definition) is 1. The third-order valence-corrected chi connectivity index (χ3v) is 3.08. The zero-order valence-corrected chi connectivity index (χ0v) is 12.4. The highest BCUT2D eigenvalue weighted by Crippen LogP contribution is 2.20. The summed E-state index contributed by atoms with van der Waals surface area (Å²) in [6.45, 7) is -0.535. The number of carbonyl (C=O) groups is 2. The largest absolute Gasteiger partial charge is 0.452 e. The Morgan fingerprint density at radius 3 is 2.70 bits per heavy atom. The molecule has 0 saturated heterocycles. The van der Waals surface area contributed by atoms with Crippen LogP contribution in [-0.2, 0) is 9.53 Å². The number of hydrogen-bond acceptors (Lipinski definition) is 4. The lowest BCUT2D eigenvalue weighted by Gasteiger charge is -2.07. The van der Waals surface area contributed by atoms with Crippen molar-refractivity contribution in [3.05, 3.63) is 64.4 Å². The Kier molecular flexibility index (Phi) is 5.28. The van der Waals surface area contributed by atoms with E-state index in [-0.39, 0.29) is 16.1 Å². The third-order valence-electron chi connectivity index (χ3n) is 2.77. The molecule has 0 saturated carbocycles. The summed E-state index contributed by atoms with van der Waals surface area (Å²) < 4.78 is 17.8. The van der Waals surface area contributed by atoms with Crippen LogP contribution in [0.3, 0.4) is 0 Å². The molecule has 0 spiro atoms. The summed E-state index contributed by atoms with van der Waals surface area (Å²) in [5.74, 6) is -1.97. The van der Waals surface area contributed by atoms with Crippen LogP contribution < -0.4 is 5.32 Å². The van der Waals surface area contributed by atoms with Gasteiger partial charge in [0.2, 0.25) is 0 Å². The van der Waals surface area contributed by atoms with Crippen LogP contribution in [0.2, 0.25) is 5.02 Å². The molecule has 2 aromatic carbocycles. The van der Waals surface area contributed by atoms with Gasteiger partial charge < -0.3 is 10.1 Å². The summed E-state index contributed by atoms with van der Waals surface area (Å²) in [5.41, 5.74) is 0.655. The highest BCUT2D eigenvalue weighted by molar-refractivity contribution is 6.32. The van der Waals surface area contributed by atoms with Crippen molar-refractivity contribution in [3.63, 3.8) is 0 Å². The SMILES string of the molecule is N#Cc1ccc(NC(=O)COC(=O)c2cccc(F)c2)cc1Cl. The molecule has 0 bridgehead atoms. The Morgan fingerprint density at radius 2 is 2.04 bits per heavy atom.